The number of halogens is 1. The van der Waals surface area contributed by atoms with Crippen molar-refractivity contribution in [3.05, 3.63) is 71.4 Å². The van der Waals surface area contributed by atoms with Gasteiger partial charge in [-0.1, -0.05) is 45.0 Å². The summed E-state index contributed by atoms with van der Waals surface area (Å²) in [4.78, 5) is 11.7. The van der Waals surface area contributed by atoms with E-state index in [9.17, 15) is 9.18 Å². The fourth-order valence-corrected chi connectivity index (χ4v) is 2.68. The average Bonchev–Trinajstić information content (AvgIpc) is 2.60. The van der Waals surface area contributed by atoms with Crippen LogP contribution in [0, 0.1) is 11.2 Å². The minimum Gasteiger partial charge on any atom is -0.454 e. The smallest absolute Gasteiger partial charge is 0.244 e. The number of ether oxygens (including phenoxy) is 1. The van der Waals surface area contributed by atoms with Gasteiger partial charge < -0.3 is 10.1 Å². The molecule has 138 valence electrons. The minimum atomic E-state index is -0.403. The maximum absolute atomic E-state index is 13.9. The second kappa shape index (κ2) is 9.43. The normalized spacial score (nSPS) is 11.5. The Hall–Kier alpha value is -2.27. The van der Waals surface area contributed by atoms with E-state index in [0.29, 0.717) is 18.0 Å². The Morgan fingerprint density at radius 3 is 2.62 bits per heavy atom. The van der Waals surface area contributed by atoms with Crippen LogP contribution in [0.15, 0.2) is 60.0 Å². The van der Waals surface area contributed by atoms with E-state index in [4.69, 9.17) is 4.74 Å². The molecule has 0 bridgehead atoms. The lowest BCUT2D eigenvalue weighted by molar-refractivity contribution is -0.116. The number of hydrogen-bond donors (Lipinski definition) is 1. The first-order valence-corrected chi connectivity index (χ1v) is 9.46. The predicted molar refractivity (Wildman–Crippen MR) is 106 cm³/mol. The Balaban J connectivity index is 1.87. The molecule has 1 N–H and O–H groups in total. The van der Waals surface area contributed by atoms with Crippen LogP contribution >= 0.6 is 11.8 Å². The van der Waals surface area contributed by atoms with Crippen LogP contribution in [0.2, 0.25) is 0 Å². The van der Waals surface area contributed by atoms with Crippen LogP contribution in [0.3, 0.4) is 0 Å². The lowest BCUT2D eigenvalue weighted by Crippen LogP contribution is -2.30. The summed E-state index contributed by atoms with van der Waals surface area (Å²) in [6.07, 6.45) is 1.52. The third-order valence-electron chi connectivity index (χ3n) is 3.33. The molecule has 0 aliphatic carbocycles. The largest absolute Gasteiger partial charge is 0.454 e. The molecule has 2 aromatic rings. The van der Waals surface area contributed by atoms with Crippen molar-refractivity contribution in [3.8, 4) is 11.5 Å². The van der Waals surface area contributed by atoms with Gasteiger partial charge >= 0.3 is 0 Å². The van der Waals surface area contributed by atoms with E-state index < -0.39 is 5.82 Å². The van der Waals surface area contributed by atoms with E-state index >= 15 is 0 Å². The van der Waals surface area contributed by atoms with Crippen molar-refractivity contribution in [1.82, 2.24) is 5.32 Å². The van der Waals surface area contributed by atoms with Gasteiger partial charge in [-0.15, -0.1) is 11.8 Å². The van der Waals surface area contributed by atoms with Gasteiger partial charge in [-0.25, -0.2) is 4.39 Å². The van der Waals surface area contributed by atoms with Crippen LogP contribution in [0.25, 0.3) is 0 Å². The Kier molecular flexibility index (Phi) is 7.27. The number of carbonyl (C=O) groups excluding carboxylic acids is 1. The molecular weight excluding hydrogens is 349 g/mol. The standard InChI is InChI=1S/C21H24FNO2S/c1-21(2,3)15-23-20(24)11-12-26-14-16-9-10-18(22)19(13-16)25-17-7-5-4-6-8-17/h4-13H,14-15H2,1-3H3,(H,23,24)/b12-11-. The fraction of sp³-hybridized carbons (Fsp3) is 0.286. The zero-order chi connectivity index (χ0) is 19.0. The van der Waals surface area contributed by atoms with Gasteiger partial charge in [0.1, 0.15) is 5.75 Å². The topological polar surface area (TPSA) is 38.3 Å². The first-order valence-electron chi connectivity index (χ1n) is 8.41. The molecule has 0 aromatic heterocycles. The summed E-state index contributed by atoms with van der Waals surface area (Å²) < 4.78 is 19.5. The summed E-state index contributed by atoms with van der Waals surface area (Å²) in [6, 6.07) is 13.9. The molecular formula is C21H24FNO2S. The molecule has 3 nitrogen and oxygen atoms in total. The summed E-state index contributed by atoms with van der Waals surface area (Å²) in [5, 5.41) is 4.61. The average molecular weight is 373 g/mol. The molecule has 0 aliphatic rings. The maximum Gasteiger partial charge on any atom is 0.244 e. The first-order chi connectivity index (χ1) is 12.3. The summed E-state index contributed by atoms with van der Waals surface area (Å²) in [5.41, 5.74) is 0.974. The molecule has 0 spiro atoms. The number of rotatable bonds is 7. The van der Waals surface area contributed by atoms with Crippen molar-refractivity contribution in [2.24, 2.45) is 5.41 Å². The van der Waals surface area contributed by atoms with E-state index in [-0.39, 0.29) is 17.1 Å². The quantitative estimate of drug-likeness (QED) is 0.649. The number of carbonyl (C=O) groups is 1. The van der Waals surface area contributed by atoms with E-state index in [1.54, 1.807) is 29.7 Å². The third-order valence-corrected chi connectivity index (χ3v) is 4.15. The van der Waals surface area contributed by atoms with Crippen molar-refractivity contribution in [3.63, 3.8) is 0 Å². The zero-order valence-electron chi connectivity index (χ0n) is 15.3. The molecule has 0 radical (unpaired) electrons. The monoisotopic (exact) mass is 373 g/mol. The fourth-order valence-electron chi connectivity index (χ4n) is 2.00. The van der Waals surface area contributed by atoms with E-state index in [2.05, 4.69) is 26.1 Å². The van der Waals surface area contributed by atoms with Gasteiger partial charge in [0.25, 0.3) is 0 Å². The van der Waals surface area contributed by atoms with Gasteiger partial charge in [-0.2, -0.15) is 0 Å². The summed E-state index contributed by atoms with van der Waals surface area (Å²) in [6.45, 7) is 6.82. The molecule has 5 heteroatoms. The molecule has 2 aromatic carbocycles. The molecule has 2 rings (SSSR count). The van der Waals surface area contributed by atoms with Crippen molar-refractivity contribution in [1.29, 1.82) is 0 Å². The van der Waals surface area contributed by atoms with Gasteiger partial charge in [0, 0.05) is 18.4 Å². The Morgan fingerprint density at radius 2 is 1.92 bits per heavy atom. The summed E-state index contributed by atoms with van der Waals surface area (Å²) in [7, 11) is 0. The van der Waals surface area contributed by atoms with Gasteiger partial charge in [-0.3, -0.25) is 4.79 Å². The van der Waals surface area contributed by atoms with Crippen LogP contribution in [0.4, 0.5) is 4.39 Å². The van der Waals surface area contributed by atoms with Crippen LogP contribution in [-0.2, 0) is 10.5 Å². The Morgan fingerprint density at radius 1 is 1.19 bits per heavy atom. The molecule has 0 unspecified atom stereocenters. The Bertz CT molecular complexity index is 754. The third kappa shape index (κ3) is 7.31. The van der Waals surface area contributed by atoms with Crippen molar-refractivity contribution in [2.45, 2.75) is 26.5 Å². The Labute approximate surface area is 158 Å². The van der Waals surface area contributed by atoms with Gasteiger partial charge in [-0.05, 0) is 40.7 Å². The molecule has 26 heavy (non-hydrogen) atoms. The highest BCUT2D eigenvalue weighted by Crippen LogP contribution is 2.27. The van der Waals surface area contributed by atoms with Crippen molar-refractivity contribution in [2.75, 3.05) is 6.54 Å². The van der Waals surface area contributed by atoms with E-state index in [1.165, 1.54) is 23.9 Å². The number of nitrogens with one attached hydrogen (secondary N) is 1. The number of benzene rings is 2. The van der Waals surface area contributed by atoms with Crippen LogP contribution in [0.1, 0.15) is 26.3 Å². The lowest BCUT2D eigenvalue weighted by atomic mass is 9.97. The van der Waals surface area contributed by atoms with Crippen LogP contribution in [-0.4, -0.2) is 12.5 Å². The molecule has 1 amide bonds. The molecule has 0 fully saturated rings. The molecule has 0 saturated carbocycles. The SMILES string of the molecule is CC(C)(C)CNC(=O)/C=C\SCc1ccc(F)c(Oc2ccccc2)c1. The van der Waals surface area contributed by atoms with Gasteiger partial charge in [0.05, 0.1) is 0 Å². The summed E-state index contributed by atoms with van der Waals surface area (Å²) in [5.74, 6) is 0.890. The maximum atomic E-state index is 13.9. The molecule has 0 heterocycles. The molecule has 0 saturated heterocycles. The molecule has 0 atom stereocenters. The highest BCUT2D eigenvalue weighted by Gasteiger charge is 2.10. The highest BCUT2D eigenvalue weighted by atomic mass is 32.2. The van der Waals surface area contributed by atoms with Crippen LogP contribution in [0.5, 0.6) is 11.5 Å². The number of thioether (sulfide) groups is 1. The number of para-hydroxylation sites is 1. The lowest BCUT2D eigenvalue weighted by Gasteiger charge is -2.17. The zero-order valence-corrected chi connectivity index (χ0v) is 16.1. The van der Waals surface area contributed by atoms with Crippen molar-refractivity contribution < 1.29 is 13.9 Å². The van der Waals surface area contributed by atoms with E-state index in [1.807, 2.05) is 18.2 Å². The van der Waals surface area contributed by atoms with Crippen molar-refractivity contribution >= 4 is 17.7 Å². The predicted octanol–water partition coefficient (Wildman–Crippen LogP) is 5.53. The van der Waals surface area contributed by atoms with Gasteiger partial charge in [0.15, 0.2) is 11.6 Å². The summed E-state index contributed by atoms with van der Waals surface area (Å²) >= 11 is 1.47. The second-order valence-electron chi connectivity index (χ2n) is 7.07. The molecule has 0 aliphatic heterocycles. The van der Waals surface area contributed by atoms with Crippen LogP contribution < -0.4 is 10.1 Å². The van der Waals surface area contributed by atoms with E-state index in [0.717, 1.165) is 5.56 Å². The number of amides is 1. The minimum absolute atomic E-state index is 0.0555. The number of hydrogen-bond acceptors (Lipinski definition) is 3. The first kappa shape index (κ1) is 20.0. The van der Waals surface area contributed by atoms with Gasteiger partial charge in [0.2, 0.25) is 5.91 Å². The highest BCUT2D eigenvalue weighted by molar-refractivity contribution is 8.01. The second-order valence-corrected chi connectivity index (χ2v) is 7.97.